The molecule has 1 saturated heterocycles. The van der Waals surface area contributed by atoms with Crippen molar-refractivity contribution in [2.45, 2.75) is 32.7 Å². The van der Waals surface area contributed by atoms with Crippen molar-refractivity contribution in [2.24, 2.45) is 4.99 Å². The first-order valence-corrected chi connectivity index (χ1v) is 9.61. The fourth-order valence-electron chi connectivity index (χ4n) is 3.97. The number of guanidine groups is 1. The molecule has 0 spiro atoms. The molecule has 150 valence electrons. The van der Waals surface area contributed by atoms with Gasteiger partial charge in [-0.25, -0.2) is 4.39 Å². The third kappa shape index (κ3) is 5.13. The predicted octanol–water partition coefficient (Wildman–Crippen LogP) is 3.46. The van der Waals surface area contributed by atoms with Gasteiger partial charge in [-0.2, -0.15) is 0 Å². The van der Waals surface area contributed by atoms with Crippen LogP contribution in [0.25, 0.3) is 10.9 Å². The summed E-state index contributed by atoms with van der Waals surface area (Å²) in [5, 5.41) is 4.44. The highest BCUT2D eigenvalue weighted by Gasteiger charge is 2.27. The number of halogens is 2. The van der Waals surface area contributed by atoms with Gasteiger partial charge in [-0.05, 0) is 49.7 Å². The maximum Gasteiger partial charge on any atom is 0.193 e. The van der Waals surface area contributed by atoms with E-state index >= 15 is 0 Å². The zero-order chi connectivity index (χ0) is 18.5. The molecule has 1 aliphatic rings. The van der Waals surface area contributed by atoms with Crippen LogP contribution in [0.2, 0.25) is 0 Å². The molecular formula is C20H31FIN5. The molecule has 1 aliphatic heterocycles. The molecule has 2 aromatic rings. The number of aromatic amines is 1. The lowest BCUT2D eigenvalue weighted by Crippen LogP contribution is -2.43. The smallest absolute Gasteiger partial charge is 0.193 e. The van der Waals surface area contributed by atoms with Gasteiger partial charge in [0.1, 0.15) is 5.82 Å². The minimum Gasteiger partial charge on any atom is -0.361 e. The number of likely N-dealkylation sites (tertiary alicyclic amines) is 1. The highest BCUT2D eigenvalue weighted by Crippen LogP contribution is 2.20. The van der Waals surface area contributed by atoms with Crippen molar-refractivity contribution in [1.29, 1.82) is 0 Å². The summed E-state index contributed by atoms with van der Waals surface area (Å²) in [6, 6.07) is 5.49. The Hall–Kier alpha value is -1.35. The third-order valence-corrected chi connectivity index (χ3v) is 5.41. The number of fused-ring (bicyclic) bond motifs is 1. The average molecular weight is 487 g/mol. The van der Waals surface area contributed by atoms with Gasteiger partial charge in [0.25, 0.3) is 0 Å². The summed E-state index contributed by atoms with van der Waals surface area (Å²) in [7, 11) is 1.84. The van der Waals surface area contributed by atoms with Crippen molar-refractivity contribution in [1.82, 2.24) is 20.1 Å². The van der Waals surface area contributed by atoms with Crippen LogP contribution in [0.1, 0.15) is 25.8 Å². The van der Waals surface area contributed by atoms with Crippen molar-refractivity contribution < 1.29 is 4.39 Å². The summed E-state index contributed by atoms with van der Waals surface area (Å²) in [4.78, 5) is 12.5. The van der Waals surface area contributed by atoms with Crippen LogP contribution in [0.5, 0.6) is 0 Å². The van der Waals surface area contributed by atoms with Crippen LogP contribution in [0.15, 0.2) is 29.4 Å². The van der Waals surface area contributed by atoms with Crippen LogP contribution in [-0.2, 0) is 6.42 Å². The van der Waals surface area contributed by atoms with Crippen LogP contribution in [-0.4, -0.2) is 66.6 Å². The van der Waals surface area contributed by atoms with Gasteiger partial charge in [-0.3, -0.25) is 9.89 Å². The summed E-state index contributed by atoms with van der Waals surface area (Å²) in [5.41, 5.74) is 2.11. The van der Waals surface area contributed by atoms with Gasteiger partial charge in [0.2, 0.25) is 0 Å². The fourth-order valence-corrected chi connectivity index (χ4v) is 3.97. The monoisotopic (exact) mass is 487 g/mol. The van der Waals surface area contributed by atoms with E-state index in [9.17, 15) is 4.39 Å². The molecule has 1 atom stereocenters. The molecule has 0 radical (unpaired) electrons. The number of H-pyrrole nitrogens is 1. The molecule has 2 heterocycles. The molecule has 1 unspecified atom stereocenters. The first-order chi connectivity index (χ1) is 12.7. The largest absolute Gasteiger partial charge is 0.361 e. The average Bonchev–Trinajstić information content (AvgIpc) is 3.27. The molecule has 0 saturated carbocycles. The second kappa shape index (κ2) is 10.3. The van der Waals surface area contributed by atoms with E-state index in [1.807, 2.05) is 13.2 Å². The van der Waals surface area contributed by atoms with E-state index in [1.165, 1.54) is 12.5 Å². The van der Waals surface area contributed by atoms with Crippen molar-refractivity contribution >= 4 is 40.8 Å². The molecule has 7 heteroatoms. The first-order valence-electron chi connectivity index (χ1n) is 9.61. The Kier molecular flexibility index (Phi) is 8.34. The van der Waals surface area contributed by atoms with Crippen molar-refractivity contribution in [2.75, 3.05) is 39.8 Å². The molecule has 5 nitrogen and oxygen atoms in total. The summed E-state index contributed by atoms with van der Waals surface area (Å²) in [6.45, 7) is 9.49. The van der Waals surface area contributed by atoms with E-state index in [-0.39, 0.29) is 29.8 Å². The fraction of sp³-hybridized carbons (Fsp3) is 0.550. The molecular weight excluding hydrogens is 456 g/mol. The molecule has 0 bridgehead atoms. The quantitative estimate of drug-likeness (QED) is 0.373. The number of aliphatic imine (C=N–C) groups is 1. The van der Waals surface area contributed by atoms with E-state index in [4.69, 9.17) is 0 Å². The van der Waals surface area contributed by atoms with E-state index in [0.29, 0.717) is 6.04 Å². The topological polar surface area (TPSA) is 46.7 Å². The van der Waals surface area contributed by atoms with Crippen LogP contribution in [0.3, 0.4) is 0 Å². The van der Waals surface area contributed by atoms with E-state index in [0.717, 1.165) is 61.6 Å². The maximum absolute atomic E-state index is 13.5. The standard InChI is InChI=1S/C20H30FN5.HI/c1-4-25(5-2)17-9-11-26(14-17)20(22-3)23-10-8-15-13-24-19-7-6-16(21)12-18(15)19;/h6-7,12-13,17,24H,4-5,8-11,14H2,1-3H3,(H,22,23);1H. The Morgan fingerprint density at radius 2 is 2.15 bits per heavy atom. The number of likely N-dealkylation sites (N-methyl/N-ethyl adjacent to an activating group) is 1. The molecule has 1 fully saturated rings. The van der Waals surface area contributed by atoms with Crippen molar-refractivity contribution in [3.63, 3.8) is 0 Å². The van der Waals surface area contributed by atoms with Gasteiger partial charge >= 0.3 is 0 Å². The Morgan fingerprint density at radius 1 is 1.37 bits per heavy atom. The number of benzene rings is 1. The molecule has 1 aromatic carbocycles. The molecule has 27 heavy (non-hydrogen) atoms. The van der Waals surface area contributed by atoms with E-state index < -0.39 is 0 Å². The summed E-state index contributed by atoms with van der Waals surface area (Å²) < 4.78 is 13.5. The third-order valence-electron chi connectivity index (χ3n) is 5.41. The molecule has 0 aliphatic carbocycles. The second-order valence-corrected chi connectivity index (χ2v) is 6.84. The number of nitrogens with zero attached hydrogens (tertiary/aromatic N) is 3. The molecule has 2 N–H and O–H groups in total. The minimum absolute atomic E-state index is 0. The Balaban J connectivity index is 0.00000261. The number of nitrogens with one attached hydrogen (secondary N) is 2. The van der Waals surface area contributed by atoms with Gasteiger partial charge in [0, 0.05) is 49.8 Å². The normalized spacial score (nSPS) is 17.6. The molecule has 0 amide bonds. The SMILES string of the molecule is CCN(CC)C1CCN(C(=NC)NCCc2c[nH]c3ccc(F)cc23)C1.I. The van der Waals surface area contributed by atoms with Crippen LogP contribution < -0.4 is 5.32 Å². The van der Waals surface area contributed by atoms with Crippen LogP contribution in [0.4, 0.5) is 4.39 Å². The lowest BCUT2D eigenvalue weighted by atomic mass is 10.1. The summed E-state index contributed by atoms with van der Waals surface area (Å²) in [6.07, 6.45) is 3.99. The Labute approximate surface area is 178 Å². The highest BCUT2D eigenvalue weighted by molar-refractivity contribution is 14.0. The molecule has 1 aromatic heterocycles. The maximum atomic E-state index is 13.5. The number of rotatable bonds is 6. The zero-order valence-corrected chi connectivity index (χ0v) is 18.8. The Morgan fingerprint density at radius 3 is 2.85 bits per heavy atom. The van der Waals surface area contributed by atoms with Gasteiger partial charge in [-0.1, -0.05) is 13.8 Å². The minimum atomic E-state index is -0.193. The van der Waals surface area contributed by atoms with E-state index in [1.54, 1.807) is 12.1 Å². The van der Waals surface area contributed by atoms with Gasteiger partial charge in [0.15, 0.2) is 5.96 Å². The highest BCUT2D eigenvalue weighted by atomic mass is 127. The van der Waals surface area contributed by atoms with E-state index in [2.05, 4.69) is 38.9 Å². The van der Waals surface area contributed by atoms with Gasteiger partial charge < -0.3 is 15.2 Å². The summed E-state index contributed by atoms with van der Waals surface area (Å²) >= 11 is 0. The van der Waals surface area contributed by atoms with Crippen LogP contribution >= 0.6 is 24.0 Å². The predicted molar refractivity (Wildman–Crippen MR) is 122 cm³/mol. The van der Waals surface area contributed by atoms with Crippen molar-refractivity contribution in [3.05, 3.63) is 35.8 Å². The lowest BCUT2D eigenvalue weighted by Gasteiger charge is -2.27. The lowest BCUT2D eigenvalue weighted by molar-refractivity contribution is 0.223. The number of aromatic nitrogens is 1. The van der Waals surface area contributed by atoms with Gasteiger partial charge in [0.05, 0.1) is 0 Å². The van der Waals surface area contributed by atoms with Crippen LogP contribution in [0, 0.1) is 5.82 Å². The number of hydrogen-bond donors (Lipinski definition) is 2. The van der Waals surface area contributed by atoms with Gasteiger partial charge in [-0.15, -0.1) is 24.0 Å². The second-order valence-electron chi connectivity index (χ2n) is 6.84. The summed E-state index contributed by atoms with van der Waals surface area (Å²) in [5.74, 6) is 0.771. The Bertz CT molecular complexity index is 756. The first kappa shape index (κ1) is 21.9. The number of hydrogen-bond acceptors (Lipinski definition) is 2. The molecule has 3 rings (SSSR count). The zero-order valence-electron chi connectivity index (χ0n) is 16.5. The van der Waals surface area contributed by atoms with Crippen molar-refractivity contribution in [3.8, 4) is 0 Å².